The molecule has 1 aliphatic carbocycles. The Morgan fingerprint density at radius 3 is 2.62 bits per heavy atom. The molecular formula is C13H18N4O3S. The number of nitrogens with zero attached hydrogens (tertiary/aromatic N) is 3. The summed E-state index contributed by atoms with van der Waals surface area (Å²) in [6.45, 7) is 0. The van der Waals surface area contributed by atoms with Gasteiger partial charge in [-0.2, -0.15) is 0 Å². The highest BCUT2D eigenvalue weighted by molar-refractivity contribution is 7.90. The molecule has 1 aromatic rings. The van der Waals surface area contributed by atoms with Gasteiger partial charge in [-0.15, -0.1) is 0 Å². The number of aromatic nitrogens is 2. The Balaban J connectivity index is 2.07. The Morgan fingerprint density at radius 2 is 2.00 bits per heavy atom. The molecule has 1 aromatic heterocycles. The number of rotatable bonds is 2. The second kappa shape index (κ2) is 4.94. The van der Waals surface area contributed by atoms with Crippen LogP contribution in [0.15, 0.2) is 11.4 Å². The van der Waals surface area contributed by atoms with Crippen molar-refractivity contribution >= 4 is 21.7 Å². The van der Waals surface area contributed by atoms with Gasteiger partial charge in [0.05, 0.1) is 6.04 Å². The molecule has 1 unspecified atom stereocenters. The number of amides is 2. The van der Waals surface area contributed by atoms with Gasteiger partial charge < -0.3 is 4.90 Å². The summed E-state index contributed by atoms with van der Waals surface area (Å²) < 4.78 is 23.1. The van der Waals surface area contributed by atoms with Crippen LogP contribution in [0.4, 0.5) is 10.6 Å². The largest absolute Gasteiger partial charge is 0.323 e. The average molecular weight is 310 g/mol. The van der Waals surface area contributed by atoms with Gasteiger partial charge in [0.2, 0.25) is 15.0 Å². The van der Waals surface area contributed by atoms with Crippen molar-refractivity contribution in [3.8, 4) is 0 Å². The van der Waals surface area contributed by atoms with Gasteiger partial charge in [-0.3, -0.25) is 5.32 Å². The Labute approximate surface area is 123 Å². The second-order valence-corrected chi connectivity index (χ2v) is 7.67. The number of hydrogen-bond acceptors (Lipinski definition) is 5. The summed E-state index contributed by atoms with van der Waals surface area (Å²) in [6, 6.07) is -0.331. The SMILES string of the molecule is CN1C(=O)Nc2nc(S(C)(=O)=O)ncc2C1C1CCCC1. The highest BCUT2D eigenvalue weighted by Crippen LogP contribution is 2.42. The third kappa shape index (κ3) is 2.48. The fourth-order valence-electron chi connectivity index (χ4n) is 3.24. The maximum atomic E-state index is 12.1. The van der Waals surface area contributed by atoms with Gasteiger partial charge in [-0.05, 0) is 18.8 Å². The van der Waals surface area contributed by atoms with E-state index in [9.17, 15) is 13.2 Å². The predicted octanol–water partition coefficient (Wildman–Crippen LogP) is 1.59. The lowest BCUT2D eigenvalue weighted by atomic mass is 9.90. The molecule has 0 radical (unpaired) electrons. The summed E-state index contributed by atoms with van der Waals surface area (Å²) >= 11 is 0. The van der Waals surface area contributed by atoms with E-state index < -0.39 is 9.84 Å². The van der Waals surface area contributed by atoms with Crippen molar-refractivity contribution in [3.05, 3.63) is 11.8 Å². The molecular weight excluding hydrogens is 292 g/mol. The smallest absolute Gasteiger partial charge is 0.320 e. The minimum Gasteiger partial charge on any atom is -0.320 e. The van der Waals surface area contributed by atoms with Crippen molar-refractivity contribution in [2.24, 2.45) is 5.92 Å². The standard InChI is InChI=1S/C13H18N4O3S/c1-17-10(8-5-3-4-6-8)9-7-14-12(21(2,19)20)15-11(9)16-13(17)18/h7-8,10H,3-6H2,1-2H3,(H,14,15,16,18). The van der Waals surface area contributed by atoms with Crippen molar-refractivity contribution in [2.75, 3.05) is 18.6 Å². The van der Waals surface area contributed by atoms with Crippen LogP contribution in [0.1, 0.15) is 37.3 Å². The Bertz CT molecular complexity index is 683. The van der Waals surface area contributed by atoms with Gasteiger partial charge in [0, 0.05) is 25.1 Å². The molecule has 1 atom stereocenters. The monoisotopic (exact) mass is 310 g/mol. The molecule has 0 aromatic carbocycles. The number of urea groups is 1. The lowest BCUT2D eigenvalue weighted by molar-refractivity contribution is 0.174. The van der Waals surface area contributed by atoms with Crippen molar-refractivity contribution in [1.82, 2.24) is 14.9 Å². The van der Waals surface area contributed by atoms with E-state index in [0.29, 0.717) is 11.7 Å². The maximum Gasteiger partial charge on any atom is 0.323 e. The first-order valence-corrected chi connectivity index (χ1v) is 8.88. The molecule has 3 rings (SSSR count). The van der Waals surface area contributed by atoms with Crippen molar-refractivity contribution in [3.63, 3.8) is 0 Å². The zero-order chi connectivity index (χ0) is 15.2. The van der Waals surface area contributed by atoms with Crippen LogP contribution in [0.25, 0.3) is 0 Å². The van der Waals surface area contributed by atoms with Crippen molar-refractivity contribution < 1.29 is 13.2 Å². The van der Waals surface area contributed by atoms with Gasteiger partial charge in [-0.25, -0.2) is 23.2 Å². The lowest BCUT2D eigenvalue weighted by Crippen LogP contribution is -2.42. The molecule has 1 saturated carbocycles. The summed E-state index contributed by atoms with van der Waals surface area (Å²) in [4.78, 5) is 21.8. The number of carbonyl (C=O) groups is 1. The number of carbonyl (C=O) groups excluding carboxylic acids is 1. The number of anilines is 1. The van der Waals surface area contributed by atoms with Gasteiger partial charge in [-0.1, -0.05) is 12.8 Å². The zero-order valence-corrected chi connectivity index (χ0v) is 12.9. The first kappa shape index (κ1) is 14.2. The third-order valence-electron chi connectivity index (χ3n) is 4.25. The van der Waals surface area contributed by atoms with E-state index in [-0.39, 0.29) is 17.2 Å². The van der Waals surface area contributed by atoms with E-state index in [0.717, 1.165) is 37.5 Å². The van der Waals surface area contributed by atoms with E-state index in [1.807, 2.05) is 0 Å². The van der Waals surface area contributed by atoms with Crippen LogP contribution in [-0.4, -0.2) is 42.6 Å². The average Bonchev–Trinajstić information content (AvgIpc) is 2.92. The fraction of sp³-hybridized carbons (Fsp3) is 0.615. The topological polar surface area (TPSA) is 92.3 Å². The quantitative estimate of drug-likeness (QED) is 0.837. The Morgan fingerprint density at radius 1 is 1.33 bits per heavy atom. The summed E-state index contributed by atoms with van der Waals surface area (Å²) in [7, 11) is -1.74. The number of nitrogens with one attached hydrogen (secondary N) is 1. The summed E-state index contributed by atoms with van der Waals surface area (Å²) in [6.07, 6.45) is 7.05. The minimum atomic E-state index is -3.49. The van der Waals surface area contributed by atoms with Crippen LogP contribution in [0.3, 0.4) is 0 Å². The molecule has 7 nitrogen and oxygen atoms in total. The fourth-order valence-corrected chi connectivity index (χ4v) is 3.74. The normalized spacial score (nSPS) is 23.0. The summed E-state index contributed by atoms with van der Waals surface area (Å²) in [5.74, 6) is 0.706. The van der Waals surface area contributed by atoms with Crippen molar-refractivity contribution in [2.45, 2.75) is 36.9 Å². The second-order valence-electron chi connectivity index (χ2n) is 5.76. The van der Waals surface area contributed by atoms with E-state index >= 15 is 0 Å². The molecule has 2 heterocycles. The molecule has 1 aliphatic heterocycles. The Kier molecular flexibility index (Phi) is 3.35. The molecule has 0 saturated heterocycles. The summed E-state index contributed by atoms with van der Waals surface area (Å²) in [5.41, 5.74) is 0.802. The van der Waals surface area contributed by atoms with Crippen LogP contribution in [0, 0.1) is 5.92 Å². The first-order chi connectivity index (χ1) is 9.88. The van der Waals surface area contributed by atoms with Crippen LogP contribution in [0.5, 0.6) is 0 Å². The first-order valence-electron chi connectivity index (χ1n) is 6.99. The van der Waals surface area contributed by atoms with Crippen LogP contribution in [-0.2, 0) is 9.84 Å². The molecule has 0 bridgehead atoms. The third-order valence-corrected chi connectivity index (χ3v) is 5.11. The zero-order valence-electron chi connectivity index (χ0n) is 12.0. The molecule has 1 fully saturated rings. The molecule has 114 valence electrons. The maximum absolute atomic E-state index is 12.1. The predicted molar refractivity (Wildman–Crippen MR) is 76.6 cm³/mol. The van der Waals surface area contributed by atoms with Gasteiger partial charge in [0.1, 0.15) is 5.82 Å². The van der Waals surface area contributed by atoms with Gasteiger partial charge >= 0.3 is 6.03 Å². The lowest BCUT2D eigenvalue weighted by Gasteiger charge is -2.37. The Hall–Kier alpha value is -1.70. The van der Waals surface area contributed by atoms with E-state index in [1.165, 1.54) is 6.20 Å². The summed E-state index contributed by atoms with van der Waals surface area (Å²) in [5, 5.41) is 2.39. The molecule has 1 N–H and O–H groups in total. The number of sulfone groups is 1. The minimum absolute atomic E-state index is 0.0788. The van der Waals surface area contributed by atoms with Crippen molar-refractivity contribution in [1.29, 1.82) is 0 Å². The number of hydrogen-bond donors (Lipinski definition) is 1. The number of fused-ring (bicyclic) bond motifs is 1. The van der Waals surface area contributed by atoms with Gasteiger partial charge in [0.15, 0.2) is 0 Å². The molecule has 2 amide bonds. The van der Waals surface area contributed by atoms with Crippen LogP contribution < -0.4 is 5.32 Å². The van der Waals surface area contributed by atoms with E-state index in [2.05, 4.69) is 15.3 Å². The highest BCUT2D eigenvalue weighted by Gasteiger charge is 2.38. The molecule has 8 heteroatoms. The highest BCUT2D eigenvalue weighted by atomic mass is 32.2. The van der Waals surface area contributed by atoms with E-state index in [1.54, 1.807) is 11.9 Å². The van der Waals surface area contributed by atoms with E-state index in [4.69, 9.17) is 0 Å². The molecule has 2 aliphatic rings. The molecule has 0 spiro atoms. The van der Waals surface area contributed by atoms with Crippen LogP contribution >= 0.6 is 0 Å². The van der Waals surface area contributed by atoms with Crippen LogP contribution in [0.2, 0.25) is 0 Å². The van der Waals surface area contributed by atoms with Gasteiger partial charge in [0.25, 0.3) is 0 Å². The molecule has 21 heavy (non-hydrogen) atoms.